The number of rotatable bonds is 55. The topological polar surface area (TPSA) is 78.9 Å². The zero-order valence-corrected chi connectivity index (χ0v) is 46.0. The molecular weight excluding hydrogens is 829 g/mol. The van der Waals surface area contributed by atoms with Gasteiger partial charge in [0.1, 0.15) is 13.2 Å². The van der Waals surface area contributed by atoms with Gasteiger partial charge in [0.05, 0.1) is 0 Å². The van der Waals surface area contributed by atoms with Crippen LogP contribution in [0.1, 0.15) is 343 Å². The first-order valence-corrected chi connectivity index (χ1v) is 30.2. The summed E-state index contributed by atoms with van der Waals surface area (Å²) in [7, 11) is 0. The lowest BCUT2D eigenvalue weighted by molar-refractivity contribution is -0.167. The van der Waals surface area contributed by atoms with Crippen LogP contribution in [0.2, 0.25) is 0 Å². The Kier molecular flexibility index (Phi) is 52.5. The summed E-state index contributed by atoms with van der Waals surface area (Å²) in [6.07, 6.45) is 58.1. The number of carbonyl (C=O) groups is 3. The van der Waals surface area contributed by atoms with E-state index in [9.17, 15) is 14.4 Å². The van der Waals surface area contributed by atoms with Gasteiger partial charge in [-0.15, -0.1) is 0 Å². The van der Waals surface area contributed by atoms with Crippen LogP contribution in [0, 0.1) is 11.8 Å². The number of esters is 3. The van der Waals surface area contributed by atoms with E-state index in [-0.39, 0.29) is 31.1 Å². The second kappa shape index (κ2) is 53.8. The molecule has 0 aromatic carbocycles. The smallest absolute Gasteiger partial charge is 0.306 e. The van der Waals surface area contributed by atoms with Crippen LogP contribution < -0.4 is 0 Å². The fourth-order valence-electron chi connectivity index (χ4n) is 9.40. The van der Waals surface area contributed by atoms with Gasteiger partial charge in [-0.1, -0.05) is 304 Å². The van der Waals surface area contributed by atoms with Gasteiger partial charge in [-0.05, 0) is 31.1 Å². The normalized spacial score (nSPS) is 12.0. The van der Waals surface area contributed by atoms with E-state index >= 15 is 0 Å². The van der Waals surface area contributed by atoms with E-state index in [1.165, 1.54) is 231 Å². The lowest BCUT2D eigenvalue weighted by Gasteiger charge is -2.18. The molecule has 6 heteroatoms. The minimum Gasteiger partial charge on any atom is -0.462 e. The van der Waals surface area contributed by atoms with Gasteiger partial charge in [-0.3, -0.25) is 14.4 Å². The molecule has 0 aliphatic carbocycles. The van der Waals surface area contributed by atoms with Crippen molar-refractivity contribution in [1.82, 2.24) is 0 Å². The first-order valence-electron chi connectivity index (χ1n) is 30.2. The Morgan fingerprint density at radius 1 is 0.284 bits per heavy atom. The van der Waals surface area contributed by atoms with Gasteiger partial charge in [-0.2, -0.15) is 0 Å². The average molecular weight is 948 g/mol. The number of carbonyl (C=O) groups excluding carboxylic acids is 3. The molecule has 0 heterocycles. The quantitative estimate of drug-likeness (QED) is 0.0343. The minimum absolute atomic E-state index is 0.0624. The molecule has 0 aliphatic heterocycles. The largest absolute Gasteiger partial charge is 0.462 e. The summed E-state index contributed by atoms with van der Waals surface area (Å²) < 4.78 is 16.9. The molecule has 0 fully saturated rings. The second-order valence-electron chi connectivity index (χ2n) is 21.9. The van der Waals surface area contributed by atoms with Crippen molar-refractivity contribution in [3.8, 4) is 0 Å². The standard InChI is InChI=1S/C61H118O6/c1-6-7-8-9-10-11-12-13-14-15-16-17-18-19-26-31-36-41-46-51-59(62)65-54-58(67-61(64)53-48-43-38-33-28-23-21-25-30-35-40-45-50-57(4)5)55-66-60(63)52-47-42-37-32-27-22-20-24-29-34-39-44-49-56(2)3/h56-58H,6-55H2,1-5H3/t58-/m1/s1. The summed E-state index contributed by atoms with van der Waals surface area (Å²) in [4.78, 5) is 38.2. The Balaban J connectivity index is 4.28. The Hall–Kier alpha value is -1.59. The van der Waals surface area contributed by atoms with Crippen molar-refractivity contribution in [2.45, 2.75) is 349 Å². The van der Waals surface area contributed by atoms with E-state index in [1.807, 2.05) is 0 Å². The van der Waals surface area contributed by atoms with E-state index in [0.29, 0.717) is 19.3 Å². The highest BCUT2D eigenvalue weighted by atomic mass is 16.6. The van der Waals surface area contributed by atoms with Crippen molar-refractivity contribution in [1.29, 1.82) is 0 Å². The average Bonchev–Trinajstić information content (AvgIpc) is 3.30. The molecule has 0 spiro atoms. The monoisotopic (exact) mass is 947 g/mol. The highest BCUT2D eigenvalue weighted by molar-refractivity contribution is 5.71. The molecule has 0 radical (unpaired) electrons. The lowest BCUT2D eigenvalue weighted by atomic mass is 10.0. The molecule has 398 valence electrons. The summed E-state index contributed by atoms with van der Waals surface area (Å²) in [6.45, 7) is 11.4. The Morgan fingerprint density at radius 2 is 0.493 bits per heavy atom. The molecule has 0 unspecified atom stereocenters. The molecule has 6 nitrogen and oxygen atoms in total. The van der Waals surface area contributed by atoms with Crippen LogP contribution >= 0.6 is 0 Å². The molecule has 0 aromatic heterocycles. The maximum atomic E-state index is 12.9. The number of hydrogen-bond donors (Lipinski definition) is 0. The molecule has 0 saturated heterocycles. The third-order valence-corrected chi connectivity index (χ3v) is 14.0. The van der Waals surface area contributed by atoms with Crippen molar-refractivity contribution < 1.29 is 28.6 Å². The van der Waals surface area contributed by atoms with Gasteiger partial charge in [0.15, 0.2) is 6.10 Å². The van der Waals surface area contributed by atoms with Gasteiger partial charge in [0.2, 0.25) is 0 Å². The van der Waals surface area contributed by atoms with Crippen molar-refractivity contribution in [2.75, 3.05) is 13.2 Å². The number of unbranched alkanes of at least 4 members (excludes halogenated alkanes) is 40. The van der Waals surface area contributed by atoms with Gasteiger partial charge < -0.3 is 14.2 Å². The molecule has 0 aromatic rings. The third kappa shape index (κ3) is 55.2. The van der Waals surface area contributed by atoms with E-state index < -0.39 is 6.10 Å². The molecule has 0 N–H and O–H groups in total. The van der Waals surface area contributed by atoms with Gasteiger partial charge in [-0.25, -0.2) is 0 Å². The first-order chi connectivity index (χ1) is 32.7. The van der Waals surface area contributed by atoms with Crippen LogP contribution in [0.3, 0.4) is 0 Å². The lowest BCUT2D eigenvalue weighted by Crippen LogP contribution is -2.30. The third-order valence-electron chi connectivity index (χ3n) is 14.0. The van der Waals surface area contributed by atoms with Crippen molar-refractivity contribution in [3.63, 3.8) is 0 Å². The SMILES string of the molecule is CCCCCCCCCCCCCCCCCCCCCC(=O)OC[C@H](COC(=O)CCCCCCCCCCCCCCC(C)C)OC(=O)CCCCCCCCCCCCCCC(C)C. The highest BCUT2D eigenvalue weighted by Gasteiger charge is 2.19. The summed E-state index contributed by atoms with van der Waals surface area (Å²) in [6, 6.07) is 0. The van der Waals surface area contributed by atoms with E-state index in [4.69, 9.17) is 14.2 Å². The molecule has 0 saturated carbocycles. The van der Waals surface area contributed by atoms with E-state index in [2.05, 4.69) is 34.6 Å². The van der Waals surface area contributed by atoms with E-state index in [0.717, 1.165) is 69.6 Å². The molecular formula is C61H118O6. The molecule has 0 aliphatic rings. The van der Waals surface area contributed by atoms with Crippen LogP contribution in [0.5, 0.6) is 0 Å². The zero-order valence-electron chi connectivity index (χ0n) is 46.0. The summed E-state index contributed by atoms with van der Waals surface area (Å²) in [5.74, 6) is 0.829. The fourth-order valence-corrected chi connectivity index (χ4v) is 9.40. The van der Waals surface area contributed by atoms with Crippen molar-refractivity contribution in [3.05, 3.63) is 0 Å². The molecule has 1 atom stereocenters. The molecule has 67 heavy (non-hydrogen) atoms. The Labute approximate surface area is 418 Å². The Bertz CT molecular complexity index is 1020. The molecule has 0 amide bonds. The number of hydrogen-bond acceptors (Lipinski definition) is 6. The van der Waals surface area contributed by atoms with Crippen LogP contribution in [0.4, 0.5) is 0 Å². The maximum absolute atomic E-state index is 12.9. The highest BCUT2D eigenvalue weighted by Crippen LogP contribution is 2.18. The summed E-state index contributed by atoms with van der Waals surface area (Å²) in [5, 5.41) is 0. The maximum Gasteiger partial charge on any atom is 0.306 e. The van der Waals surface area contributed by atoms with E-state index in [1.54, 1.807) is 0 Å². The minimum atomic E-state index is -0.763. The number of ether oxygens (including phenoxy) is 3. The van der Waals surface area contributed by atoms with Gasteiger partial charge >= 0.3 is 17.9 Å². The first kappa shape index (κ1) is 65.4. The second-order valence-corrected chi connectivity index (χ2v) is 21.9. The molecule has 0 rings (SSSR count). The Morgan fingerprint density at radius 3 is 0.731 bits per heavy atom. The van der Waals surface area contributed by atoms with Crippen LogP contribution in [0.15, 0.2) is 0 Å². The van der Waals surface area contributed by atoms with Crippen LogP contribution in [-0.4, -0.2) is 37.2 Å². The zero-order chi connectivity index (χ0) is 48.9. The van der Waals surface area contributed by atoms with Gasteiger partial charge in [0.25, 0.3) is 0 Å². The van der Waals surface area contributed by atoms with Crippen LogP contribution in [-0.2, 0) is 28.6 Å². The van der Waals surface area contributed by atoms with Crippen molar-refractivity contribution in [2.24, 2.45) is 11.8 Å². The predicted molar refractivity (Wildman–Crippen MR) is 289 cm³/mol. The summed E-state index contributed by atoms with van der Waals surface area (Å²) in [5.41, 5.74) is 0. The van der Waals surface area contributed by atoms with Crippen molar-refractivity contribution >= 4 is 17.9 Å². The molecule has 0 bridgehead atoms. The predicted octanol–water partition coefficient (Wildman–Crippen LogP) is 20.0. The fraction of sp³-hybridized carbons (Fsp3) is 0.951. The van der Waals surface area contributed by atoms with Crippen LogP contribution in [0.25, 0.3) is 0 Å². The van der Waals surface area contributed by atoms with Gasteiger partial charge in [0, 0.05) is 19.3 Å². The summed E-state index contributed by atoms with van der Waals surface area (Å²) >= 11 is 0.